The highest BCUT2D eigenvalue weighted by Gasteiger charge is 2.24. The van der Waals surface area contributed by atoms with Gasteiger partial charge in [0.15, 0.2) is 0 Å². The quantitative estimate of drug-likeness (QED) is 0.861. The summed E-state index contributed by atoms with van der Waals surface area (Å²) in [5.41, 5.74) is 0.802. The van der Waals surface area contributed by atoms with E-state index in [0.29, 0.717) is 10.8 Å². The van der Waals surface area contributed by atoms with Crippen LogP contribution in [0, 0.1) is 5.92 Å². The van der Waals surface area contributed by atoms with E-state index >= 15 is 0 Å². The van der Waals surface area contributed by atoms with Gasteiger partial charge >= 0.3 is 0 Å². The minimum Gasteiger partial charge on any atom is -0.341 e. The molecular formula is C14H19N5OS. The molecule has 0 bridgehead atoms. The van der Waals surface area contributed by atoms with Gasteiger partial charge in [-0.15, -0.1) is 5.10 Å². The van der Waals surface area contributed by atoms with E-state index in [0.717, 1.165) is 43.9 Å². The third-order valence-corrected chi connectivity index (χ3v) is 4.77. The number of aryl methyl sites for hydroxylation is 2. The number of fused-ring (bicyclic) bond motifs is 1. The zero-order chi connectivity index (χ0) is 14.8. The van der Waals surface area contributed by atoms with Crippen LogP contribution in [0.1, 0.15) is 34.5 Å². The summed E-state index contributed by atoms with van der Waals surface area (Å²) in [6, 6.07) is 0. The summed E-state index contributed by atoms with van der Waals surface area (Å²) >= 11 is 1.19. The lowest BCUT2D eigenvalue weighted by Gasteiger charge is -2.27. The van der Waals surface area contributed by atoms with Crippen LogP contribution in [-0.4, -0.2) is 43.5 Å². The van der Waals surface area contributed by atoms with Gasteiger partial charge < -0.3 is 9.47 Å². The van der Waals surface area contributed by atoms with Crippen LogP contribution in [-0.2, 0) is 19.4 Å². The maximum Gasteiger partial charge on any atom is 0.267 e. The zero-order valence-electron chi connectivity index (χ0n) is 12.3. The molecule has 0 radical (unpaired) electrons. The molecule has 0 spiro atoms. The van der Waals surface area contributed by atoms with Gasteiger partial charge in [0, 0.05) is 39.0 Å². The SMILES string of the molecule is CCc1nnsc1C(=O)N(C)C[C@@H]1CCn2ccnc2C1. The number of rotatable bonds is 4. The van der Waals surface area contributed by atoms with E-state index in [1.807, 2.05) is 26.4 Å². The van der Waals surface area contributed by atoms with E-state index < -0.39 is 0 Å². The van der Waals surface area contributed by atoms with Gasteiger partial charge in [-0.2, -0.15) is 0 Å². The summed E-state index contributed by atoms with van der Waals surface area (Å²) < 4.78 is 6.09. The van der Waals surface area contributed by atoms with Crippen molar-refractivity contribution in [3.63, 3.8) is 0 Å². The molecule has 2 aromatic heterocycles. The summed E-state index contributed by atoms with van der Waals surface area (Å²) in [6.07, 6.45) is 6.64. The Morgan fingerprint density at radius 1 is 1.57 bits per heavy atom. The van der Waals surface area contributed by atoms with Gasteiger partial charge in [-0.25, -0.2) is 4.98 Å². The van der Waals surface area contributed by atoms with Gasteiger partial charge in [0.2, 0.25) is 0 Å². The Morgan fingerprint density at radius 2 is 2.43 bits per heavy atom. The molecule has 112 valence electrons. The van der Waals surface area contributed by atoms with Crippen molar-refractivity contribution in [2.75, 3.05) is 13.6 Å². The largest absolute Gasteiger partial charge is 0.341 e. The van der Waals surface area contributed by atoms with Gasteiger partial charge in [0.05, 0.1) is 5.69 Å². The first-order chi connectivity index (χ1) is 10.2. The zero-order valence-corrected chi connectivity index (χ0v) is 13.1. The Kier molecular flexibility index (Phi) is 4.01. The van der Waals surface area contributed by atoms with Crippen molar-refractivity contribution in [2.24, 2.45) is 5.92 Å². The van der Waals surface area contributed by atoms with Crippen LogP contribution in [0.4, 0.5) is 0 Å². The molecule has 3 rings (SSSR count). The smallest absolute Gasteiger partial charge is 0.267 e. The van der Waals surface area contributed by atoms with Crippen molar-refractivity contribution in [2.45, 2.75) is 32.7 Å². The minimum atomic E-state index is 0.0377. The minimum absolute atomic E-state index is 0.0377. The molecule has 1 aliphatic rings. The predicted octanol–water partition coefficient (Wildman–Crippen LogP) is 1.63. The van der Waals surface area contributed by atoms with E-state index in [1.54, 1.807) is 4.90 Å². The van der Waals surface area contributed by atoms with Gasteiger partial charge in [-0.05, 0) is 30.3 Å². The number of hydrogen-bond acceptors (Lipinski definition) is 5. The van der Waals surface area contributed by atoms with Crippen LogP contribution in [0.5, 0.6) is 0 Å². The molecule has 21 heavy (non-hydrogen) atoms. The second kappa shape index (κ2) is 5.93. The van der Waals surface area contributed by atoms with Gasteiger partial charge in [0.25, 0.3) is 5.91 Å². The first-order valence-electron chi connectivity index (χ1n) is 7.25. The van der Waals surface area contributed by atoms with Crippen LogP contribution < -0.4 is 0 Å². The molecule has 6 nitrogen and oxygen atoms in total. The topological polar surface area (TPSA) is 63.9 Å². The predicted molar refractivity (Wildman–Crippen MR) is 80.3 cm³/mol. The normalized spacial score (nSPS) is 17.5. The number of hydrogen-bond donors (Lipinski definition) is 0. The average molecular weight is 305 g/mol. The second-order valence-corrected chi connectivity index (χ2v) is 6.24. The number of imidazole rings is 1. The van der Waals surface area contributed by atoms with Crippen LogP contribution in [0.3, 0.4) is 0 Å². The van der Waals surface area contributed by atoms with Crippen molar-refractivity contribution in [1.29, 1.82) is 0 Å². The average Bonchev–Trinajstić information content (AvgIpc) is 3.14. The first-order valence-corrected chi connectivity index (χ1v) is 8.03. The Labute approximate surface area is 128 Å². The molecule has 0 unspecified atom stereocenters. The fourth-order valence-electron chi connectivity index (χ4n) is 2.82. The molecule has 7 heteroatoms. The fraction of sp³-hybridized carbons (Fsp3) is 0.571. The summed E-state index contributed by atoms with van der Waals surface area (Å²) in [6.45, 7) is 3.74. The maximum atomic E-state index is 12.5. The molecule has 0 aromatic carbocycles. The molecule has 0 saturated carbocycles. The molecule has 1 amide bonds. The number of carbonyl (C=O) groups excluding carboxylic acids is 1. The molecule has 0 N–H and O–H groups in total. The molecule has 1 aliphatic heterocycles. The molecule has 3 heterocycles. The third kappa shape index (κ3) is 2.83. The van der Waals surface area contributed by atoms with Crippen molar-refractivity contribution >= 4 is 17.4 Å². The van der Waals surface area contributed by atoms with Crippen LogP contribution in [0.2, 0.25) is 0 Å². The molecule has 0 saturated heterocycles. The van der Waals surface area contributed by atoms with Crippen LogP contribution in [0.15, 0.2) is 12.4 Å². The Hall–Kier alpha value is -1.76. The van der Waals surface area contributed by atoms with E-state index in [1.165, 1.54) is 11.5 Å². The molecule has 1 atom stereocenters. The summed E-state index contributed by atoms with van der Waals surface area (Å²) in [4.78, 5) is 19.3. The molecule has 0 fully saturated rings. The lowest BCUT2D eigenvalue weighted by molar-refractivity contribution is 0.0767. The van der Waals surface area contributed by atoms with Crippen molar-refractivity contribution < 1.29 is 4.79 Å². The molecule has 2 aromatic rings. The van der Waals surface area contributed by atoms with Crippen molar-refractivity contribution in [1.82, 2.24) is 24.0 Å². The monoisotopic (exact) mass is 305 g/mol. The van der Waals surface area contributed by atoms with Gasteiger partial charge in [-0.3, -0.25) is 4.79 Å². The summed E-state index contributed by atoms with van der Waals surface area (Å²) in [5, 5.41) is 4.02. The summed E-state index contributed by atoms with van der Waals surface area (Å²) in [7, 11) is 1.86. The Balaban J connectivity index is 1.64. The standard InChI is InChI=1S/C14H19N5OS/c1-3-11-13(21-17-16-11)14(20)18(2)9-10-4-6-19-7-5-15-12(19)8-10/h5,7,10H,3-4,6,8-9H2,1-2H3/t10-/m1/s1. The third-order valence-electron chi connectivity index (χ3n) is 4.01. The highest BCUT2D eigenvalue weighted by atomic mass is 32.1. The summed E-state index contributed by atoms with van der Waals surface area (Å²) in [5.74, 6) is 1.64. The number of amides is 1. The fourth-order valence-corrected chi connectivity index (χ4v) is 3.56. The number of carbonyl (C=O) groups is 1. The first kappa shape index (κ1) is 14.2. The Bertz CT molecular complexity index is 635. The van der Waals surface area contributed by atoms with Crippen LogP contribution in [0.25, 0.3) is 0 Å². The van der Waals surface area contributed by atoms with Crippen molar-refractivity contribution in [3.8, 4) is 0 Å². The van der Waals surface area contributed by atoms with E-state index in [2.05, 4.69) is 19.1 Å². The Morgan fingerprint density at radius 3 is 3.24 bits per heavy atom. The van der Waals surface area contributed by atoms with Crippen LogP contribution >= 0.6 is 11.5 Å². The lowest BCUT2D eigenvalue weighted by atomic mass is 9.97. The molecule has 0 aliphatic carbocycles. The van der Waals surface area contributed by atoms with Gasteiger partial charge in [-0.1, -0.05) is 11.4 Å². The van der Waals surface area contributed by atoms with E-state index in [-0.39, 0.29) is 5.91 Å². The highest BCUT2D eigenvalue weighted by molar-refractivity contribution is 7.07. The van der Waals surface area contributed by atoms with Gasteiger partial charge in [0.1, 0.15) is 10.7 Å². The number of aromatic nitrogens is 4. The highest BCUT2D eigenvalue weighted by Crippen LogP contribution is 2.21. The maximum absolute atomic E-state index is 12.5. The van der Waals surface area contributed by atoms with Crippen molar-refractivity contribution in [3.05, 3.63) is 28.8 Å². The lowest BCUT2D eigenvalue weighted by Crippen LogP contribution is -2.35. The van der Waals surface area contributed by atoms with E-state index in [9.17, 15) is 4.79 Å². The molecular weight excluding hydrogens is 286 g/mol. The number of nitrogens with zero attached hydrogens (tertiary/aromatic N) is 5. The van der Waals surface area contributed by atoms with E-state index in [4.69, 9.17) is 0 Å². The second-order valence-electron chi connectivity index (χ2n) is 5.48.